The summed E-state index contributed by atoms with van der Waals surface area (Å²) in [6.45, 7) is 6.95. The number of fused-ring (bicyclic) bond motifs is 4. The van der Waals surface area contributed by atoms with E-state index in [1.165, 1.54) is 11.3 Å². The van der Waals surface area contributed by atoms with Gasteiger partial charge < -0.3 is 14.4 Å². The zero-order chi connectivity index (χ0) is 22.5. The maximum atomic E-state index is 13.2. The molecule has 1 aromatic carbocycles. The number of rotatable bonds is 3. The normalized spacial score (nSPS) is 23.3. The van der Waals surface area contributed by atoms with Gasteiger partial charge in [-0.05, 0) is 50.9 Å². The third-order valence-corrected chi connectivity index (χ3v) is 7.04. The molecule has 32 heavy (non-hydrogen) atoms. The van der Waals surface area contributed by atoms with Crippen LogP contribution in [-0.4, -0.2) is 71.5 Å². The number of piperidine rings is 1. The van der Waals surface area contributed by atoms with Gasteiger partial charge in [-0.1, -0.05) is 12.5 Å². The van der Waals surface area contributed by atoms with E-state index in [9.17, 15) is 4.79 Å². The van der Waals surface area contributed by atoms with Crippen molar-refractivity contribution in [1.82, 2.24) is 19.6 Å². The lowest BCUT2D eigenvalue weighted by molar-refractivity contribution is -0.00676. The molecule has 174 valence electrons. The van der Waals surface area contributed by atoms with Gasteiger partial charge in [0.05, 0.1) is 12.3 Å². The summed E-state index contributed by atoms with van der Waals surface area (Å²) in [5, 5.41) is 4.40. The molecule has 4 bridgehead atoms. The molecule has 7 heteroatoms. The van der Waals surface area contributed by atoms with Crippen molar-refractivity contribution in [3.05, 3.63) is 47.3 Å². The van der Waals surface area contributed by atoms with Gasteiger partial charge in [0.15, 0.2) is 0 Å². The molecule has 2 atom stereocenters. The fraction of sp³-hybridized carbons (Fsp3) is 0.600. The summed E-state index contributed by atoms with van der Waals surface area (Å²) in [5.41, 5.74) is 3.17. The topological polar surface area (TPSA) is 59.8 Å². The number of aryl methyl sites for hydroxylation is 1. The zero-order valence-electron chi connectivity index (χ0n) is 19.6. The van der Waals surface area contributed by atoms with Crippen LogP contribution < -0.4 is 4.74 Å². The smallest absolute Gasteiger partial charge is 0.254 e. The molecule has 4 rings (SSSR count). The van der Waals surface area contributed by atoms with Gasteiger partial charge in [0.25, 0.3) is 5.91 Å². The number of carbonyl (C=O) groups is 1. The molecular formula is C25H36N4O3. The Hall–Kier alpha value is -2.38. The summed E-state index contributed by atoms with van der Waals surface area (Å²) in [6.07, 6.45) is 6.44. The van der Waals surface area contributed by atoms with Crippen LogP contribution >= 0.6 is 0 Å². The lowest BCUT2D eigenvalue weighted by Gasteiger charge is -2.38. The molecule has 1 aromatic heterocycles. The number of carbonyl (C=O) groups excluding carboxylic acids is 1. The molecule has 7 nitrogen and oxygen atoms in total. The Morgan fingerprint density at radius 2 is 2.06 bits per heavy atom. The SMILES string of the molecule is CO[C@H]1CCN2C[C@H]1CCCCN(Cc1cnn(C)c1C)CCOc1cccc(c1)C2=O. The minimum absolute atomic E-state index is 0.0959. The van der Waals surface area contributed by atoms with Gasteiger partial charge >= 0.3 is 0 Å². The average Bonchev–Trinajstić information content (AvgIpc) is 3.12. The van der Waals surface area contributed by atoms with Gasteiger partial charge in [0.2, 0.25) is 0 Å². The van der Waals surface area contributed by atoms with Gasteiger partial charge in [0, 0.05) is 63.1 Å². The number of ether oxygens (including phenoxy) is 2. The van der Waals surface area contributed by atoms with Crippen molar-refractivity contribution in [2.45, 2.75) is 45.3 Å². The van der Waals surface area contributed by atoms with Crippen molar-refractivity contribution in [1.29, 1.82) is 0 Å². The van der Waals surface area contributed by atoms with Crippen LogP contribution in [-0.2, 0) is 18.3 Å². The Balaban J connectivity index is 1.51. The predicted molar refractivity (Wildman–Crippen MR) is 124 cm³/mol. The summed E-state index contributed by atoms with van der Waals surface area (Å²) >= 11 is 0. The molecule has 1 amide bonds. The van der Waals surface area contributed by atoms with Gasteiger partial charge in [-0.2, -0.15) is 5.10 Å². The Morgan fingerprint density at radius 1 is 1.19 bits per heavy atom. The lowest BCUT2D eigenvalue weighted by Crippen LogP contribution is -2.46. The van der Waals surface area contributed by atoms with Crippen LogP contribution in [0.3, 0.4) is 0 Å². The standard InChI is InChI=1S/C25H36N4O3/c1-19-22(16-26-27(19)2)17-28-11-5-4-7-21-18-29(12-10-24(21)31-3)25(30)20-8-6-9-23(15-20)32-14-13-28/h6,8-9,15-16,21,24H,4-5,7,10-14,17-18H2,1-3H3/t21-,24+/m1/s1. The van der Waals surface area contributed by atoms with E-state index in [1.54, 1.807) is 7.11 Å². The predicted octanol–water partition coefficient (Wildman–Crippen LogP) is 3.27. The van der Waals surface area contributed by atoms with Crippen LogP contribution in [0.2, 0.25) is 0 Å². The molecule has 0 N–H and O–H groups in total. The first-order valence-electron chi connectivity index (χ1n) is 11.8. The minimum atomic E-state index is 0.0959. The van der Waals surface area contributed by atoms with Crippen molar-refractivity contribution in [3.63, 3.8) is 0 Å². The second-order valence-corrected chi connectivity index (χ2v) is 9.10. The summed E-state index contributed by atoms with van der Waals surface area (Å²) in [4.78, 5) is 17.6. The van der Waals surface area contributed by atoms with Crippen LogP contribution in [0.25, 0.3) is 0 Å². The minimum Gasteiger partial charge on any atom is -0.492 e. The molecule has 2 aromatic rings. The third kappa shape index (κ3) is 5.33. The fourth-order valence-corrected chi connectivity index (χ4v) is 4.93. The van der Waals surface area contributed by atoms with Crippen molar-refractivity contribution in [2.75, 3.05) is 39.9 Å². The van der Waals surface area contributed by atoms with Gasteiger partial charge in [-0.3, -0.25) is 14.4 Å². The summed E-state index contributed by atoms with van der Waals surface area (Å²) in [5.74, 6) is 1.24. The highest BCUT2D eigenvalue weighted by atomic mass is 16.5. The number of methoxy groups -OCH3 is 1. The number of aromatic nitrogens is 2. The van der Waals surface area contributed by atoms with E-state index < -0.39 is 0 Å². The molecular weight excluding hydrogens is 404 g/mol. The molecule has 1 saturated heterocycles. The number of amides is 1. The van der Waals surface area contributed by atoms with E-state index in [2.05, 4.69) is 16.9 Å². The molecule has 0 unspecified atom stereocenters. The maximum Gasteiger partial charge on any atom is 0.254 e. The van der Waals surface area contributed by atoms with E-state index in [4.69, 9.17) is 9.47 Å². The van der Waals surface area contributed by atoms with E-state index >= 15 is 0 Å². The highest BCUT2D eigenvalue weighted by Crippen LogP contribution is 2.27. The molecule has 1 fully saturated rings. The van der Waals surface area contributed by atoms with Crippen molar-refractivity contribution in [2.24, 2.45) is 13.0 Å². The maximum absolute atomic E-state index is 13.2. The van der Waals surface area contributed by atoms with Crippen LogP contribution in [0, 0.1) is 12.8 Å². The molecule has 0 saturated carbocycles. The van der Waals surface area contributed by atoms with Crippen LogP contribution in [0.4, 0.5) is 0 Å². The van der Waals surface area contributed by atoms with Gasteiger partial charge in [0.1, 0.15) is 12.4 Å². The summed E-state index contributed by atoms with van der Waals surface area (Å²) in [7, 11) is 3.79. The average molecular weight is 441 g/mol. The Morgan fingerprint density at radius 3 is 2.84 bits per heavy atom. The highest BCUT2D eigenvalue weighted by molar-refractivity contribution is 5.94. The molecule has 2 aliphatic heterocycles. The van der Waals surface area contributed by atoms with Crippen LogP contribution in [0.15, 0.2) is 30.5 Å². The van der Waals surface area contributed by atoms with Gasteiger partial charge in [-0.15, -0.1) is 0 Å². The molecule has 0 radical (unpaired) electrons. The highest BCUT2D eigenvalue weighted by Gasteiger charge is 2.31. The number of nitrogens with zero attached hydrogens (tertiary/aromatic N) is 4. The first-order chi connectivity index (χ1) is 15.5. The first kappa shape index (κ1) is 22.8. The Labute approximate surface area is 191 Å². The number of benzene rings is 1. The molecule has 2 aliphatic rings. The lowest BCUT2D eigenvalue weighted by atomic mass is 9.89. The molecule has 0 aliphatic carbocycles. The largest absolute Gasteiger partial charge is 0.492 e. The van der Waals surface area contributed by atoms with E-state index in [0.717, 1.165) is 64.2 Å². The second-order valence-electron chi connectivity index (χ2n) is 9.10. The van der Waals surface area contributed by atoms with Crippen molar-refractivity contribution < 1.29 is 14.3 Å². The zero-order valence-corrected chi connectivity index (χ0v) is 19.6. The number of hydrogen-bond donors (Lipinski definition) is 0. The summed E-state index contributed by atoms with van der Waals surface area (Å²) in [6, 6.07) is 7.62. The second kappa shape index (κ2) is 10.5. The summed E-state index contributed by atoms with van der Waals surface area (Å²) < 4.78 is 13.8. The number of hydrogen-bond acceptors (Lipinski definition) is 5. The fourth-order valence-electron chi connectivity index (χ4n) is 4.93. The van der Waals surface area contributed by atoms with Gasteiger partial charge in [-0.25, -0.2) is 0 Å². The van der Waals surface area contributed by atoms with Crippen LogP contribution in [0.5, 0.6) is 5.75 Å². The van der Waals surface area contributed by atoms with Crippen molar-refractivity contribution >= 4 is 5.91 Å². The Kier molecular flexibility index (Phi) is 7.48. The molecule has 3 heterocycles. The van der Waals surface area contributed by atoms with Crippen LogP contribution in [0.1, 0.15) is 47.3 Å². The quantitative estimate of drug-likeness (QED) is 0.733. The van der Waals surface area contributed by atoms with Crippen molar-refractivity contribution in [3.8, 4) is 5.75 Å². The monoisotopic (exact) mass is 440 g/mol. The van der Waals surface area contributed by atoms with E-state index in [1.807, 2.05) is 47.1 Å². The third-order valence-electron chi connectivity index (χ3n) is 7.04. The first-order valence-corrected chi connectivity index (χ1v) is 11.8. The Bertz CT molecular complexity index is 912. The molecule has 0 spiro atoms. The van der Waals surface area contributed by atoms with E-state index in [-0.39, 0.29) is 12.0 Å². The van der Waals surface area contributed by atoms with E-state index in [0.29, 0.717) is 18.1 Å².